The van der Waals surface area contributed by atoms with E-state index >= 15 is 0 Å². The van der Waals surface area contributed by atoms with Crippen LogP contribution in [0.25, 0.3) is 44.6 Å². The quantitative estimate of drug-likeness (QED) is 0.263. The highest BCUT2D eigenvalue weighted by atomic mass is 16.4. The second kappa shape index (κ2) is 11.0. The van der Waals surface area contributed by atoms with Crippen LogP contribution in [0.3, 0.4) is 0 Å². The molecule has 202 valence electrons. The molecule has 5 heterocycles. The molecule has 0 aliphatic carbocycles. The predicted molar refractivity (Wildman–Crippen MR) is 156 cm³/mol. The van der Waals surface area contributed by atoms with Gasteiger partial charge in [0.1, 0.15) is 22.9 Å². The number of benzene rings is 2. The second-order valence-electron chi connectivity index (χ2n) is 9.65. The summed E-state index contributed by atoms with van der Waals surface area (Å²) in [6.45, 7) is 4.73. The van der Waals surface area contributed by atoms with Gasteiger partial charge in [-0.25, -0.2) is 4.98 Å². The van der Waals surface area contributed by atoms with Crippen molar-refractivity contribution in [3.63, 3.8) is 0 Å². The fourth-order valence-corrected chi connectivity index (χ4v) is 4.84. The van der Waals surface area contributed by atoms with Crippen LogP contribution in [0.1, 0.15) is 30.9 Å². The van der Waals surface area contributed by atoms with E-state index in [0.29, 0.717) is 11.5 Å². The van der Waals surface area contributed by atoms with Gasteiger partial charge in [0.2, 0.25) is 0 Å². The Morgan fingerprint density at radius 3 is 2.17 bits per heavy atom. The first-order valence-electron chi connectivity index (χ1n) is 13.3. The number of fused-ring (bicyclic) bond motifs is 2. The van der Waals surface area contributed by atoms with Crippen LogP contribution in [0.5, 0.6) is 0 Å². The van der Waals surface area contributed by atoms with Gasteiger partial charge < -0.3 is 25.1 Å². The SMILES string of the molecule is CC(=O)O.c1cc2c(-c3cnc(-c4cc5ccc(C6=NCCCN6)cc5o4)cn3)c[nH]c2cc1C1=NCCCN1. The number of furan rings is 1. The number of aromatic amines is 1. The minimum absolute atomic E-state index is 0.698. The van der Waals surface area contributed by atoms with Crippen LogP contribution in [0.15, 0.2) is 75.5 Å². The molecule has 2 aromatic carbocycles. The minimum atomic E-state index is -0.833. The highest BCUT2D eigenvalue weighted by Crippen LogP contribution is 2.31. The van der Waals surface area contributed by atoms with Crippen LogP contribution in [0.2, 0.25) is 0 Å². The van der Waals surface area contributed by atoms with E-state index < -0.39 is 5.97 Å². The van der Waals surface area contributed by atoms with Gasteiger partial charge in [0.15, 0.2) is 5.76 Å². The molecule has 10 heteroatoms. The average molecular weight is 536 g/mol. The topological polar surface area (TPSA) is 141 Å². The molecule has 40 heavy (non-hydrogen) atoms. The zero-order valence-electron chi connectivity index (χ0n) is 22.1. The highest BCUT2D eigenvalue weighted by Gasteiger charge is 2.15. The maximum Gasteiger partial charge on any atom is 0.300 e. The molecule has 2 aliphatic heterocycles. The number of aliphatic carboxylic acids is 1. The van der Waals surface area contributed by atoms with Crippen molar-refractivity contribution in [2.24, 2.45) is 9.98 Å². The Morgan fingerprint density at radius 2 is 1.52 bits per heavy atom. The zero-order valence-corrected chi connectivity index (χ0v) is 22.1. The summed E-state index contributed by atoms with van der Waals surface area (Å²) in [5, 5.41) is 16.3. The van der Waals surface area contributed by atoms with Crippen molar-refractivity contribution in [2.45, 2.75) is 19.8 Å². The Balaban J connectivity index is 0.000000680. The average Bonchev–Trinajstić information content (AvgIpc) is 3.62. The Hall–Kier alpha value is -4.99. The number of carboxylic acids is 1. The van der Waals surface area contributed by atoms with Crippen LogP contribution in [0, 0.1) is 0 Å². The normalized spacial score (nSPS) is 14.9. The monoisotopic (exact) mass is 535 g/mol. The van der Waals surface area contributed by atoms with Crippen molar-refractivity contribution in [1.82, 2.24) is 25.6 Å². The number of H-pyrrole nitrogens is 1. The maximum atomic E-state index is 9.00. The molecule has 2 aliphatic rings. The molecular formula is C30H29N7O3. The van der Waals surface area contributed by atoms with Gasteiger partial charge in [-0.05, 0) is 31.0 Å². The summed E-state index contributed by atoms with van der Waals surface area (Å²) in [6.07, 6.45) is 7.71. The Morgan fingerprint density at radius 1 is 0.875 bits per heavy atom. The van der Waals surface area contributed by atoms with Crippen molar-refractivity contribution in [1.29, 1.82) is 0 Å². The van der Waals surface area contributed by atoms with Gasteiger partial charge >= 0.3 is 0 Å². The lowest BCUT2D eigenvalue weighted by Crippen LogP contribution is -2.30. The smallest absolute Gasteiger partial charge is 0.300 e. The Labute approximate surface area is 230 Å². The van der Waals surface area contributed by atoms with Crippen LogP contribution in [-0.2, 0) is 4.79 Å². The Kier molecular flexibility index (Phi) is 6.96. The lowest BCUT2D eigenvalue weighted by atomic mass is 10.1. The Bertz CT molecular complexity index is 1740. The lowest BCUT2D eigenvalue weighted by molar-refractivity contribution is -0.134. The molecule has 0 spiro atoms. The predicted octanol–water partition coefficient (Wildman–Crippen LogP) is 4.61. The van der Waals surface area contributed by atoms with E-state index in [9.17, 15) is 0 Å². The number of amidine groups is 2. The molecule has 0 amide bonds. The number of carbonyl (C=O) groups is 1. The van der Waals surface area contributed by atoms with Crippen LogP contribution in [-0.4, -0.2) is 63.9 Å². The number of carboxylic acid groups (broad SMARTS) is 1. The summed E-state index contributed by atoms with van der Waals surface area (Å²) in [6, 6.07) is 14.5. The number of hydrogen-bond acceptors (Lipinski definition) is 8. The zero-order chi connectivity index (χ0) is 27.5. The van der Waals surface area contributed by atoms with E-state index in [0.717, 1.165) is 102 Å². The van der Waals surface area contributed by atoms with Crippen molar-refractivity contribution < 1.29 is 14.3 Å². The lowest BCUT2D eigenvalue weighted by Gasteiger charge is -2.14. The number of hydrogen-bond donors (Lipinski definition) is 4. The fourth-order valence-electron chi connectivity index (χ4n) is 4.84. The van der Waals surface area contributed by atoms with E-state index in [1.54, 1.807) is 12.4 Å². The molecule has 0 fully saturated rings. The molecule has 0 unspecified atom stereocenters. The number of nitrogens with one attached hydrogen (secondary N) is 3. The molecular weight excluding hydrogens is 506 g/mol. The van der Waals surface area contributed by atoms with E-state index in [2.05, 4.69) is 60.9 Å². The molecule has 7 rings (SSSR count). The van der Waals surface area contributed by atoms with E-state index in [1.807, 2.05) is 18.3 Å². The van der Waals surface area contributed by atoms with Crippen LogP contribution >= 0.6 is 0 Å². The van der Waals surface area contributed by atoms with Gasteiger partial charge in [-0.1, -0.05) is 24.3 Å². The highest BCUT2D eigenvalue weighted by molar-refractivity contribution is 6.04. The largest absolute Gasteiger partial charge is 0.481 e. The molecule has 0 atom stereocenters. The third-order valence-corrected chi connectivity index (χ3v) is 6.72. The summed E-state index contributed by atoms with van der Waals surface area (Å²) >= 11 is 0. The van der Waals surface area contributed by atoms with E-state index in [-0.39, 0.29) is 0 Å². The fraction of sp³-hybridized carbons (Fsp3) is 0.233. The molecule has 0 saturated carbocycles. The summed E-state index contributed by atoms with van der Waals surface area (Å²) < 4.78 is 6.15. The van der Waals surface area contributed by atoms with Crippen molar-refractivity contribution in [2.75, 3.05) is 26.2 Å². The third-order valence-electron chi connectivity index (χ3n) is 6.72. The summed E-state index contributed by atoms with van der Waals surface area (Å²) in [5.74, 6) is 1.76. The first kappa shape index (κ1) is 25.3. The molecule has 0 bridgehead atoms. The molecule has 0 saturated heterocycles. The maximum absolute atomic E-state index is 9.00. The van der Waals surface area contributed by atoms with E-state index in [4.69, 9.17) is 19.3 Å². The molecule has 10 nitrogen and oxygen atoms in total. The molecule has 4 N–H and O–H groups in total. The number of aliphatic imine (C=N–C) groups is 2. The van der Waals surface area contributed by atoms with Gasteiger partial charge in [0.05, 0.1) is 18.1 Å². The van der Waals surface area contributed by atoms with Gasteiger partial charge in [-0.3, -0.25) is 19.8 Å². The number of aromatic nitrogens is 3. The summed E-state index contributed by atoms with van der Waals surface area (Å²) in [7, 11) is 0. The second-order valence-corrected chi connectivity index (χ2v) is 9.65. The molecule has 5 aromatic rings. The first-order valence-corrected chi connectivity index (χ1v) is 13.3. The van der Waals surface area contributed by atoms with E-state index in [1.165, 1.54) is 0 Å². The van der Waals surface area contributed by atoms with Crippen molar-refractivity contribution in [3.05, 3.63) is 72.2 Å². The number of rotatable bonds is 4. The van der Waals surface area contributed by atoms with Gasteiger partial charge in [0, 0.05) is 72.3 Å². The summed E-state index contributed by atoms with van der Waals surface area (Å²) in [5.41, 5.74) is 6.53. The van der Waals surface area contributed by atoms with Gasteiger partial charge in [-0.15, -0.1) is 0 Å². The van der Waals surface area contributed by atoms with Crippen LogP contribution in [0.4, 0.5) is 0 Å². The minimum Gasteiger partial charge on any atom is -0.481 e. The standard InChI is InChI=1S/C28H25N7O.C2H4O2/c1-7-29-27(30-8-1)18-5-6-20-21(14-33-22(20)11-18)23-15-35-24(16-34-23)26-12-17-3-4-19(13-25(17)36-26)28-31-9-2-10-32-28;1-2(3)4/h3-6,11-16,33H,1-2,7-10H2,(H,29,30)(H,31,32);1H3,(H,3,4). The van der Waals surface area contributed by atoms with Crippen LogP contribution < -0.4 is 10.6 Å². The van der Waals surface area contributed by atoms with Crippen molar-refractivity contribution in [3.8, 4) is 22.7 Å². The molecule has 0 radical (unpaired) electrons. The first-order chi connectivity index (χ1) is 19.5. The van der Waals surface area contributed by atoms with Gasteiger partial charge in [-0.2, -0.15) is 0 Å². The summed E-state index contributed by atoms with van der Waals surface area (Å²) in [4.78, 5) is 31.0. The number of nitrogens with zero attached hydrogens (tertiary/aromatic N) is 4. The van der Waals surface area contributed by atoms with Crippen molar-refractivity contribution >= 4 is 39.5 Å². The van der Waals surface area contributed by atoms with Gasteiger partial charge in [0.25, 0.3) is 5.97 Å². The molecule has 3 aromatic heterocycles. The third kappa shape index (κ3) is 5.28.